The van der Waals surface area contributed by atoms with Crippen LogP contribution < -0.4 is 5.73 Å². The normalized spacial score (nSPS) is 10.1. The lowest BCUT2D eigenvalue weighted by molar-refractivity contribution is 0.116. The van der Waals surface area contributed by atoms with Crippen LogP contribution in [0, 0.1) is 11.8 Å². The summed E-state index contributed by atoms with van der Waals surface area (Å²) in [7, 11) is 0. The van der Waals surface area contributed by atoms with E-state index >= 15 is 0 Å². The number of rotatable bonds is 9. The molecule has 2 nitrogen and oxygen atoms in total. The highest BCUT2D eigenvalue weighted by molar-refractivity contribution is 5.41. The SMILES string of the molecule is CCCCCCCCOCc1ccccc1C#CCN. The summed E-state index contributed by atoms with van der Waals surface area (Å²) in [6.45, 7) is 4.12. The number of benzene rings is 1. The minimum absolute atomic E-state index is 0.396. The summed E-state index contributed by atoms with van der Waals surface area (Å²) < 4.78 is 5.75. The Labute approximate surface area is 123 Å². The lowest BCUT2D eigenvalue weighted by atomic mass is 10.1. The van der Waals surface area contributed by atoms with E-state index < -0.39 is 0 Å². The topological polar surface area (TPSA) is 35.2 Å². The highest BCUT2D eigenvalue weighted by Gasteiger charge is 1.99. The van der Waals surface area contributed by atoms with E-state index in [1.807, 2.05) is 18.2 Å². The third-order valence-electron chi connectivity index (χ3n) is 3.24. The maximum Gasteiger partial charge on any atom is 0.0728 e. The van der Waals surface area contributed by atoms with Gasteiger partial charge in [0.25, 0.3) is 0 Å². The van der Waals surface area contributed by atoms with Crippen molar-refractivity contribution in [3.05, 3.63) is 35.4 Å². The van der Waals surface area contributed by atoms with E-state index in [9.17, 15) is 0 Å². The van der Waals surface area contributed by atoms with Crippen LogP contribution in [0.15, 0.2) is 24.3 Å². The maximum absolute atomic E-state index is 5.75. The Balaban J connectivity index is 2.21. The van der Waals surface area contributed by atoms with E-state index in [4.69, 9.17) is 10.5 Å². The predicted molar refractivity (Wildman–Crippen MR) is 85.4 cm³/mol. The Morgan fingerprint density at radius 1 is 1.05 bits per heavy atom. The Morgan fingerprint density at radius 3 is 2.60 bits per heavy atom. The van der Waals surface area contributed by atoms with E-state index in [1.165, 1.54) is 32.1 Å². The second kappa shape index (κ2) is 11.5. The Kier molecular flexibility index (Phi) is 9.65. The molecular formula is C18H27NO. The summed E-state index contributed by atoms with van der Waals surface area (Å²) >= 11 is 0. The smallest absolute Gasteiger partial charge is 0.0728 e. The van der Waals surface area contributed by atoms with Gasteiger partial charge >= 0.3 is 0 Å². The molecule has 2 N–H and O–H groups in total. The summed E-state index contributed by atoms with van der Waals surface area (Å²) in [5.74, 6) is 5.99. The van der Waals surface area contributed by atoms with Crippen LogP contribution in [0.1, 0.15) is 56.6 Å². The summed E-state index contributed by atoms with van der Waals surface area (Å²) in [5.41, 5.74) is 7.59. The molecule has 0 fully saturated rings. The van der Waals surface area contributed by atoms with Crippen LogP contribution in [0.25, 0.3) is 0 Å². The van der Waals surface area contributed by atoms with E-state index in [1.54, 1.807) is 0 Å². The highest BCUT2D eigenvalue weighted by atomic mass is 16.5. The average Bonchev–Trinajstić information content (AvgIpc) is 2.49. The van der Waals surface area contributed by atoms with Crippen molar-refractivity contribution >= 4 is 0 Å². The maximum atomic E-state index is 5.75. The zero-order valence-electron chi connectivity index (χ0n) is 12.7. The van der Waals surface area contributed by atoms with Crippen LogP contribution in [-0.2, 0) is 11.3 Å². The summed E-state index contributed by atoms with van der Waals surface area (Å²) in [5, 5.41) is 0. The van der Waals surface area contributed by atoms with Crippen molar-refractivity contribution in [1.82, 2.24) is 0 Å². The molecule has 0 aliphatic carbocycles. The zero-order chi connectivity index (χ0) is 14.5. The van der Waals surface area contributed by atoms with Crippen LogP contribution in [-0.4, -0.2) is 13.2 Å². The zero-order valence-corrected chi connectivity index (χ0v) is 12.7. The lowest BCUT2D eigenvalue weighted by Gasteiger charge is -2.06. The molecule has 0 heterocycles. The van der Waals surface area contributed by atoms with Gasteiger partial charge in [-0.05, 0) is 18.1 Å². The Hall–Kier alpha value is -1.30. The summed E-state index contributed by atoms with van der Waals surface area (Å²) in [4.78, 5) is 0. The van der Waals surface area contributed by atoms with E-state index in [0.717, 1.165) is 24.2 Å². The number of hydrogen-bond acceptors (Lipinski definition) is 2. The standard InChI is InChI=1S/C18H27NO/c1-2-3-4-5-6-9-15-20-16-18-12-8-7-11-17(18)13-10-14-19/h7-8,11-12H,2-6,9,14-16,19H2,1H3. The molecular weight excluding hydrogens is 246 g/mol. The molecule has 0 aliphatic rings. The molecule has 0 atom stereocenters. The van der Waals surface area contributed by atoms with Crippen molar-refractivity contribution in [3.63, 3.8) is 0 Å². The van der Waals surface area contributed by atoms with Crippen LogP contribution in [0.2, 0.25) is 0 Å². The molecule has 0 aromatic heterocycles. The molecule has 1 rings (SSSR count). The van der Waals surface area contributed by atoms with Gasteiger partial charge in [-0.15, -0.1) is 0 Å². The highest BCUT2D eigenvalue weighted by Crippen LogP contribution is 2.10. The van der Waals surface area contributed by atoms with Gasteiger partial charge in [0.15, 0.2) is 0 Å². The van der Waals surface area contributed by atoms with Crippen LogP contribution >= 0.6 is 0 Å². The first kappa shape index (κ1) is 16.8. The summed E-state index contributed by atoms with van der Waals surface area (Å²) in [6.07, 6.45) is 7.77. The predicted octanol–water partition coefficient (Wildman–Crippen LogP) is 3.87. The molecule has 0 bridgehead atoms. The lowest BCUT2D eigenvalue weighted by Crippen LogP contribution is -1.98. The minimum Gasteiger partial charge on any atom is -0.377 e. The van der Waals surface area contributed by atoms with Crippen molar-refractivity contribution in [2.24, 2.45) is 5.73 Å². The quantitative estimate of drug-likeness (QED) is 0.547. The second-order valence-corrected chi connectivity index (χ2v) is 4.98. The van der Waals surface area contributed by atoms with Gasteiger partial charge < -0.3 is 10.5 Å². The fourth-order valence-corrected chi connectivity index (χ4v) is 2.08. The average molecular weight is 273 g/mol. The molecule has 1 aromatic rings. The molecule has 0 saturated carbocycles. The van der Waals surface area contributed by atoms with Gasteiger partial charge in [0.1, 0.15) is 0 Å². The molecule has 0 radical (unpaired) electrons. The fourth-order valence-electron chi connectivity index (χ4n) is 2.08. The van der Waals surface area contributed by atoms with Gasteiger partial charge in [-0.25, -0.2) is 0 Å². The van der Waals surface area contributed by atoms with Crippen molar-refractivity contribution < 1.29 is 4.74 Å². The molecule has 0 aliphatic heterocycles. The van der Waals surface area contributed by atoms with E-state index in [0.29, 0.717) is 13.2 Å². The Morgan fingerprint density at radius 2 is 1.80 bits per heavy atom. The van der Waals surface area contributed by atoms with Gasteiger partial charge in [-0.2, -0.15) is 0 Å². The number of nitrogens with two attached hydrogens (primary N) is 1. The number of unbranched alkanes of at least 4 members (excludes halogenated alkanes) is 5. The van der Waals surface area contributed by atoms with Crippen molar-refractivity contribution in [2.45, 2.75) is 52.1 Å². The number of ether oxygens (including phenoxy) is 1. The molecule has 1 aromatic carbocycles. The van der Waals surface area contributed by atoms with Crippen molar-refractivity contribution in [2.75, 3.05) is 13.2 Å². The third-order valence-corrected chi connectivity index (χ3v) is 3.24. The molecule has 20 heavy (non-hydrogen) atoms. The van der Waals surface area contributed by atoms with Gasteiger partial charge in [0.05, 0.1) is 13.2 Å². The first-order valence-electron chi connectivity index (χ1n) is 7.73. The second-order valence-electron chi connectivity index (χ2n) is 4.98. The van der Waals surface area contributed by atoms with Gasteiger partial charge in [0, 0.05) is 12.2 Å². The molecule has 0 amide bonds. The Bertz CT molecular complexity index is 417. The minimum atomic E-state index is 0.396. The molecule has 110 valence electrons. The van der Waals surface area contributed by atoms with E-state index in [2.05, 4.69) is 24.8 Å². The first-order valence-corrected chi connectivity index (χ1v) is 7.73. The van der Waals surface area contributed by atoms with Gasteiger partial charge in [-0.3, -0.25) is 0 Å². The largest absolute Gasteiger partial charge is 0.377 e. The fraction of sp³-hybridized carbons (Fsp3) is 0.556. The molecule has 0 saturated heterocycles. The van der Waals surface area contributed by atoms with Crippen LogP contribution in [0.5, 0.6) is 0 Å². The first-order chi connectivity index (χ1) is 9.88. The van der Waals surface area contributed by atoms with E-state index in [-0.39, 0.29) is 0 Å². The van der Waals surface area contributed by atoms with Crippen LogP contribution in [0.3, 0.4) is 0 Å². The van der Waals surface area contributed by atoms with Gasteiger partial charge in [0.2, 0.25) is 0 Å². The number of hydrogen-bond donors (Lipinski definition) is 1. The third kappa shape index (κ3) is 7.33. The van der Waals surface area contributed by atoms with Crippen molar-refractivity contribution in [1.29, 1.82) is 0 Å². The summed E-state index contributed by atoms with van der Waals surface area (Å²) in [6, 6.07) is 8.11. The molecule has 2 heteroatoms. The monoisotopic (exact) mass is 273 g/mol. The molecule has 0 spiro atoms. The van der Waals surface area contributed by atoms with Crippen LogP contribution in [0.4, 0.5) is 0 Å². The van der Waals surface area contributed by atoms with Gasteiger partial charge in [-0.1, -0.05) is 69.1 Å². The molecule has 0 unspecified atom stereocenters. The van der Waals surface area contributed by atoms with Crippen molar-refractivity contribution in [3.8, 4) is 11.8 Å².